The summed E-state index contributed by atoms with van der Waals surface area (Å²) < 4.78 is 0. The second kappa shape index (κ2) is 5.57. The molecule has 3 nitrogen and oxygen atoms in total. The molecule has 0 aliphatic rings. The van der Waals surface area contributed by atoms with Crippen molar-refractivity contribution in [1.82, 2.24) is 4.98 Å². The summed E-state index contributed by atoms with van der Waals surface area (Å²) in [5, 5.41) is 9.24. The molecule has 0 aromatic carbocycles. The molecular formula is C11H14ClN3. The molecule has 4 heteroatoms. The number of rotatable bonds is 4. The van der Waals surface area contributed by atoms with Crippen molar-refractivity contribution in [2.45, 2.75) is 13.8 Å². The summed E-state index contributed by atoms with van der Waals surface area (Å²) in [4.78, 5) is 6.26. The Hall–Kier alpha value is -1.27. The maximum atomic E-state index is 8.76. The number of pyridine rings is 1. The van der Waals surface area contributed by atoms with Crippen LogP contribution in [0.4, 0.5) is 5.82 Å². The van der Waals surface area contributed by atoms with Gasteiger partial charge in [-0.15, -0.1) is 0 Å². The van der Waals surface area contributed by atoms with Crippen molar-refractivity contribution < 1.29 is 0 Å². The van der Waals surface area contributed by atoms with Crippen LogP contribution in [0.2, 0.25) is 5.15 Å². The number of hydrogen-bond donors (Lipinski definition) is 0. The second-order valence-corrected chi connectivity index (χ2v) is 3.77. The Morgan fingerprint density at radius 2 is 2.33 bits per heavy atom. The van der Waals surface area contributed by atoms with Gasteiger partial charge in [-0.05, 0) is 26.0 Å². The Balaban J connectivity index is 2.79. The van der Waals surface area contributed by atoms with Gasteiger partial charge < -0.3 is 4.90 Å². The summed E-state index contributed by atoms with van der Waals surface area (Å²) in [5.74, 6) is 0.817. The van der Waals surface area contributed by atoms with E-state index in [9.17, 15) is 0 Å². The number of nitriles is 1. The normalized spacial score (nSPS) is 11.9. The monoisotopic (exact) mass is 223 g/mol. The lowest BCUT2D eigenvalue weighted by Crippen LogP contribution is -2.28. The molecule has 0 bridgehead atoms. The van der Waals surface area contributed by atoms with E-state index in [2.05, 4.69) is 11.1 Å². The maximum absolute atomic E-state index is 8.76. The van der Waals surface area contributed by atoms with Crippen molar-refractivity contribution in [1.29, 1.82) is 5.26 Å². The topological polar surface area (TPSA) is 39.9 Å². The van der Waals surface area contributed by atoms with Gasteiger partial charge in [-0.1, -0.05) is 17.7 Å². The van der Waals surface area contributed by atoms with Crippen molar-refractivity contribution in [3.63, 3.8) is 0 Å². The molecule has 0 amide bonds. The van der Waals surface area contributed by atoms with Crippen molar-refractivity contribution in [2.24, 2.45) is 5.92 Å². The summed E-state index contributed by atoms with van der Waals surface area (Å²) in [7, 11) is 0. The summed E-state index contributed by atoms with van der Waals surface area (Å²) in [6.45, 7) is 5.43. The third kappa shape index (κ3) is 3.41. The highest BCUT2D eigenvalue weighted by Crippen LogP contribution is 2.15. The summed E-state index contributed by atoms with van der Waals surface area (Å²) >= 11 is 5.81. The van der Waals surface area contributed by atoms with Gasteiger partial charge in [-0.2, -0.15) is 5.26 Å². The van der Waals surface area contributed by atoms with Crippen LogP contribution in [0.25, 0.3) is 0 Å². The molecule has 1 heterocycles. The van der Waals surface area contributed by atoms with Crippen LogP contribution >= 0.6 is 11.6 Å². The SMILES string of the molecule is CCN(CC(C)C#N)c1cccc(Cl)n1. The Bertz CT molecular complexity index is 359. The minimum atomic E-state index is -0.00858. The second-order valence-electron chi connectivity index (χ2n) is 3.39. The molecule has 0 radical (unpaired) electrons. The maximum Gasteiger partial charge on any atom is 0.131 e. The Morgan fingerprint density at radius 1 is 1.60 bits per heavy atom. The van der Waals surface area contributed by atoms with Crippen LogP contribution in [0.5, 0.6) is 0 Å². The molecule has 0 aliphatic carbocycles. The average Bonchev–Trinajstić information content (AvgIpc) is 2.25. The van der Waals surface area contributed by atoms with E-state index >= 15 is 0 Å². The molecule has 1 atom stereocenters. The summed E-state index contributed by atoms with van der Waals surface area (Å²) in [6, 6.07) is 7.72. The molecule has 0 N–H and O–H groups in total. The Morgan fingerprint density at radius 3 is 2.87 bits per heavy atom. The summed E-state index contributed by atoms with van der Waals surface area (Å²) in [5.41, 5.74) is 0. The van der Waals surface area contributed by atoms with Gasteiger partial charge in [0, 0.05) is 13.1 Å². The number of anilines is 1. The first-order valence-electron chi connectivity index (χ1n) is 4.94. The fourth-order valence-electron chi connectivity index (χ4n) is 1.33. The molecule has 0 fully saturated rings. The molecular weight excluding hydrogens is 210 g/mol. The third-order valence-electron chi connectivity index (χ3n) is 2.12. The first-order chi connectivity index (χ1) is 7.17. The van der Waals surface area contributed by atoms with Gasteiger partial charge in [0.1, 0.15) is 11.0 Å². The van der Waals surface area contributed by atoms with Crippen molar-refractivity contribution in [3.8, 4) is 6.07 Å². The molecule has 1 aromatic heterocycles. The van der Waals surface area contributed by atoms with Crippen molar-refractivity contribution in [2.75, 3.05) is 18.0 Å². The smallest absolute Gasteiger partial charge is 0.131 e. The predicted octanol–water partition coefficient (Wildman–Crippen LogP) is 2.72. The van der Waals surface area contributed by atoms with Gasteiger partial charge in [0.25, 0.3) is 0 Å². The van der Waals surface area contributed by atoms with Crippen LogP contribution in [0.1, 0.15) is 13.8 Å². The zero-order valence-electron chi connectivity index (χ0n) is 8.94. The Labute approximate surface area is 95.3 Å². The number of hydrogen-bond acceptors (Lipinski definition) is 3. The van der Waals surface area contributed by atoms with E-state index in [-0.39, 0.29) is 5.92 Å². The van der Waals surface area contributed by atoms with Crippen molar-refractivity contribution in [3.05, 3.63) is 23.4 Å². The van der Waals surface area contributed by atoms with Gasteiger partial charge in [-0.3, -0.25) is 0 Å². The molecule has 1 aromatic rings. The van der Waals surface area contributed by atoms with Crippen molar-refractivity contribution >= 4 is 17.4 Å². The van der Waals surface area contributed by atoms with Crippen LogP contribution in [0.3, 0.4) is 0 Å². The number of aromatic nitrogens is 1. The zero-order valence-corrected chi connectivity index (χ0v) is 9.70. The largest absolute Gasteiger partial charge is 0.356 e. The molecule has 15 heavy (non-hydrogen) atoms. The first kappa shape index (κ1) is 11.8. The van der Waals surface area contributed by atoms with Gasteiger partial charge in [0.2, 0.25) is 0 Å². The predicted molar refractivity (Wildman–Crippen MR) is 61.9 cm³/mol. The zero-order chi connectivity index (χ0) is 11.3. The van der Waals surface area contributed by atoms with Gasteiger partial charge in [0.15, 0.2) is 0 Å². The highest BCUT2D eigenvalue weighted by Gasteiger charge is 2.09. The van der Waals surface area contributed by atoms with Gasteiger partial charge >= 0.3 is 0 Å². The quantitative estimate of drug-likeness (QED) is 0.737. The van der Waals surface area contributed by atoms with E-state index in [0.717, 1.165) is 12.4 Å². The van der Waals surface area contributed by atoms with Gasteiger partial charge in [-0.25, -0.2) is 4.98 Å². The summed E-state index contributed by atoms with van der Waals surface area (Å²) in [6.07, 6.45) is 0. The number of halogens is 1. The lowest BCUT2D eigenvalue weighted by molar-refractivity contribution is 0.679. The van der Waals surface area contributed by atoms with Gasteiger partial charge in [0.05, 0.1) is 12.0 Å². The molecule has 0 saturated heterocycles. The van der Waals surface area contributed by atoms with Crippen LogP contribution in [-0.4, -0.2) is 18.1 Å². The number of nitrogens with zero attached hydrogens (tertiary/aromatic N) is 3. The molecule has 1 rings (SSSR count). The Kier molecular flexibility index (Phi) is 4.38. The van der Waals surface area contributed by atoms with E-state index in [1.54, 1.807) is 6.07 Å². The standard InChI is InChI=1S/C11H14ClN3/c1-3-15(8-9(2)7-13)11-6-4-5-10(12)14-11/h4-6,9H,3,8H2,1-2H3. The average molecular weight is 224 g/mol. The molecule has 80 valence electrons. The molecule has 0 aliphatic heterocycles. The highest BCUT2D eigenvalue weighted by atomic mass is 35.5. The molecule has 0 spiro atoms. The first-order valence-corrected chi connectivity index (χ1v) is 5.32. The lowest BCUT2D eigenvalue weighted by atomic mass is 10.2. The minimum absolute atomic E-state index is 0.00858. The van der Waals surface area contributed by atoms with Crippen LogP contribution in [0, 0.1) is 17.2 Å². The molecule has 0 saturated carbocycles. The molecule has 1 unspecified atom stereocenters. The van der Waals surface area contributed by atoms with E-state index in [1.165, 1.54) is 0 Å². The van der Waals surface area contributed by atoms with E-state index in [1.807, 2.05) is 30.9 Å². The van der Waals surface area contributed by atoms with E-state index < -0.39 is 0 Å². The third-order valence-corrected chi connectivity index (χ3v) is 2.33. The fraction of sp³-hybridized carbons (Fsp3) is 0.455. The van der Waals surface area contributed by atoms with Crippen LogP contribution in [-0.2, 0) is 0 Å². The fourth-order valence-corrected chi connectivity index (χ4v) is 1.49. The van der Waals surface area contributed by atoms with Crippen LogP contribution in [0.15, 0.2) is 18.2 Å². The van der Waals surface area contributed by atoms with E-state index in [0.29, 0.717) is 11.7 Å². The lowest BCUT2D eigenvalue weighted by Gasteiger charge is -2.22. The van der Waals surface area contributed by atoms with Crippen LogP contribution < -0.4 is 4.90 Å². The minimum Gasteiger partial charge on any atom is -0.356 e. The van der Waals surface area contributed by atoms with E-state index in [4.69, 9.17) is 16.9 Å². The highest BCUT2D eigenvalue weighted by molar-refractivity contribution is 6.29.